The van der Waals surface area contributed by atoms with Crippen molar-refractivity contribution in [3.63, 3.8) is 0 Å². The molecule has 0 saturated carbocycles. The van der Waals surface area contributed by atoms with E-state index in [1.54, 1.807) is 0 Å². The summed E-state index contributed by atoms with van der Waals surface area (Å²) in [6.45, 7) is 8.72. The molecule has 76 valence electrons. The van der Waals surface area contributed by atoms with Crippen LogP contribution in [0.3, 0.4) is 0 Å². The first-order valence-electron chi connectivity index (χ1n) is 4.87. The molecule has 0 amide bonds. The van der Waals surface area contributed by atoms with Crippen molar-refractivity contribution >= 4 is 0 Å². The topological polar surface area (TPSA) is 12.0 Å². The fourth-order valence-electron chi connectivity index (χ4n) is 1.42. The van der Waals surface area contributed by atoms with Crippen LogP contribution in [0.4, 0.5) is 0 Å². The van der Waals surface area contributed by atoms with Crippen LogP contribution in [-0.2, 0) is 16.8 Å². The fraction of sp³-hybridized carbons (Fsp3) is 0.636. The van der Waals surface area contributed by atoms with E-state index in [0.29, 0.717) is 0 Å². The number of hydrogen-bond acceptors (Lipinski definition) is 1. The molecule has 0 rings (SSSR count). The minimum absolute atomic E-state index is 0.240. The van der Waals surface area contributed by atoms with Crippen molar-refractivity contribution in [2.24, 2.45) is 0 Å². The van der Waals surface area contributed by atoms with Gasteiger partial charge in [-0.05, 0) is 0 Å². The van der Waals surface area contributed by atoms with Gasteiger partial charge in [0.2, 0.25) is 0 Å². The molecule has 0 radical (unpaired) electrons. The van der Waals surface area contributed by atoms with Crippen LogP contribution in [0.5, 0.6) is 0 Å². The Morgan fingerprint density at radius 1 is 1.08 bits per heavy atom. The van der Waals surface area contributed by atoms with Crippen molar-refractivity contribution in [3.05, 3.63) is 22.6 Å². The van der Waals surface area contributed by atoms with E-state index in [9.17, 15) is 0 Å². The average molecular weight is 217 g/mol. The van der Waals surface area contributed by atoms with Gasteiger partial charge in [0.1, 0.15) is 0 Å². The van der Waals surface area contributed by atoms with Crippen LogP contribution in [0.1, 0.15) is 27.7 Å². The molecule has 0 aromatic rings. The van der Waals surface area contributed by atoms with E-state index in [1.165, 1.54) is 0 Å². The van der Waals surface area contributed by atoms with Gasteiger partial charge in [-0.15, -0.1) is 0 Å². The van der Waals surface area contributed by atoms with Gasteiger partial charge in [-0.1, -0.05) is 0 Å². The van der Waals surface area contributed by atoms with Crippen LogP contribution in [0.15, 0.2) is 22.6 Å². The van der Waals surface area contributed by atoms with E-state index < -0.39 is 16.8 Å². The van der Waals surface area contributed by atoms with E-state index in [1.807, 2.05) is 6.92 Å². The zero-order valence-corrected chi connectivity index (χ0v) is 11.4. The molecule has 13 heavy (non-hydrogen) atoms. The summed E-state index contributed by atoms with van der Waals surface area (Å²) in [4.78, 5) is 0. The Bertz CT molecular complexity index is 197. The number of allylic oxidation sites excluding steroid dienone is 3. The average Bonchev–Trinajstić information content (AvgIpc) is 1.81. The van der Waals surface area contributed by atoms with Gasteiger partial charge in [-0.2, -0.15) is 0 Å². The Morgan fingerprint density at radius 3 is 2.00 bits per heavy atom. The Labute approximate surface area is 87.0 Å². The first kappa shape index (κ1) is 13.2. The van der Waals surface area contributed by atoms with Gasteiger partial charge in [0.25, 0.3) is 0 Å². The van der Waals surface area contributed by atoms with Gasteiger partial charge in [0, 0.05) is 0 Å². The van der Waals surface area contributed by atoms with Crippen molar-refractivity contribution in [2.45, 2.75) is 43.7 Å². The van der Waals surface area contributed by atoms with Crippen LogP contribution in [0.2, 0.25) is 10.5 Å². The molecule has 1 N–H and O–H groups in total. The second-order valence-electron chi connectivity index (χ2n) is 4.98. The van der Waals surface area contributed by atoms with Crippen molar-refractivity contribution < 1.29 is 16.8 Å². The van der Waals surface area contributed by atoms with Gasteiger partial charge >= 0.3 is 86.9 Å². The second kappa shape index (κ2) is 5.14. The molecule has 1 nitrogen and oxygen atoms in total. The molecule has 0 aromatic carbocycles. The maximum absolute atomic E-state index is 3.72. The molecule has 0 aliphatic heterocycles. The maximum atomic E-state index is 3.72. The molecule has 0 bridgehead atoms. The van der Waals surface area contributed by atoms with Gasteiger partial charge in [-0.25, -0.2) is 0 Å². The van der Waals surface area contributed by atoms with E-state index in [4.69, 9.17) is 0 Å². The third kappa shape index (κ3) is 8.48. The summed E-state index contributed by atoms with van der Waals surface area (Å²) in [5, 5.41) is 4.73. The normalized spacial score (nSPS) is 14.6. The summed E-state index contributed by atoms with van der Waals surface area (Å²) in [5.41, 5.74) is 0.240. The van der Waals surface area contributed by atoms with E-state index >= 15 is 0 Å². The van der Waals surface area contributed by atoms with Crippen LogP contribution in [0.25, 0.3) is 0 Å². The number of rotatable bonds is 3. The molecule has 0 aromatic heterocycles. The zero-order chi connectivity index (χ0) is 10.5. The molecule has 2 heteroatoms. The van der Waals surface area contributed by atoms with Crippen LogP contribution < -0.4 is 3.80 Å². The molecule has 0 aliphatic rings. The predicted octanol–water partition coefficient (Wildman–Crippen LogP) is 3.63. The van der Waals surface area contributed by atoms with Crippen molar-refractivity contribution in [1.82, 2.24) is 3.80 Å². The third-order valence-corrected chi connectivity index (χ3v) is 5.29. The zero-order valence-electron chi connectivity index (χ0n) is 9.81. The van der Waals surface area contributed by atoms with Crippen molar-refractivity contribution in [2.75, 3.05) is 0 Å². The molecule has 0 saturated heterocycles. The quantitative estimate of drug-likeness (QED) is 0.562. The second-order valence-corrected chi connectivity index (χ2v) is 11.3. The minimum atomic E-state index is -1.85. The third-order valence-electron chi connectivity index (χ3n) is 1.51. The number of hydrogen-bond donors (Lipinski definition) is 1. The van der Waals surface area contributed by atoms with Gasteiger partial charge in [0.15, 0.2) is 0 Å². The SMILES string of the molecule is CC=CC=[CH][Ti]([CH3])([CH3])[NH]C(C)(C)C. The number of nitrogens with one attached hydrogen (secondary N) is 1. The fourth-order valence-corrected chi connectivity index (χ4v) is 5.49. The van der Waals surface area contributed by atoms with Crippen molar-refractivity contribution in [1.29, 1.82) is 0 Å². The summed E-state index contributed by atoms with van der Waals surface area (Å²) < 4.78 is 6.09. The monoisotopic (exact) mass is 217 g/mol. The molecule has 0 spiro atoms. The van der Waals surface area contributed by atoms with Gasteiger partial charge < -0.3 is 0 Å². The first-order chi connectivity index (χ1) is 5.77. The molecular formula is C11H23NTi. The first-order valence-corrected chi connectivity index (χ1v) is 9.67. The summed E-state index contributed by atoms with van der Waals surface area (Å²) in [6, 6.07) is 0. The molecule has 0 fully saturated rings. The molecule has 0 heterocycles. The molecule has 0 aliphatic carbocycles. The molecule has 0 unspecified atom stereocenters. The Kier molecular flexibility index (Phi) is 5.20. The Morgan fingerprint density at radius 2 is 1.62 bits per heavy atom. The Hall–Kier alpha value is 0.154. The predicted molar refractivity (Wildman–Crippen MR) is 58.6 cm³/mol. The van der Waals surface area contributed by atoms with Crippen LogP contribution in [-0.4, -0.2) is 5.54 Å². The van der Waals surface area contributed by atoms with Gasteiger partial charge in [-0.3, -0.25) is 0 Å². The van der Waals surface area contributed by atoms with Gasteiger partial charge in [0.05, 0.1) is 0 Å². The Balaban J connectivity index is 4.24. The summed E-state index contributed by atoms with van der Waals surface area (Å²) >= 11 is -1.85. The summed E-state index contributed by atoms with van der Waals surface area (Å²) in [5.74, 6) is 0. The summed E-state index contributed by atoms with van der Waals surface area (Å²) in [7, 11) is 0. The summed E-state index contributed by atoms with van der Waals surface area (Å²) in [6.07, 6.45) is 6.32. The molecule has 0 atom stereocenters. The van der Waals surface area contributed by atoms with Crippen LogP contribution in [0, 0.1) is 0 Å². The van der Waals surface area contributed by atoms with Crippen molar-refractivity contribution in [3.8, 4) is 0 Å². The standard InChI is InChI=1S/C5H7.C4H10N.2CH3.Ti/c1-3-5-4-2;1-4(2,3)5;;;/h1,3-5H,2H3;5H,1-3H3;2*1H3;/q;-1;;;+1. The molecular weight excluding hydrogens is 194 g/mol. The van der Waals surface area contributed by atoms with E-state index in [2.05, 4.69) is 57.6 Å². The van der Waals surface area contributed by atoms with E-state index in [0.717, 1.165) is 0 Å². The van der Waals surface area contributed by atoms with Crippen LogP contribution >= 0.6 is 0 Å². The van der Waals surface area contributed by atoms with E-state index in [-0.39, 0.29) is 5.54 Å².